The number of ether oxygens (including phenoxy) is 1. The van der Waals surface area contributed by atoms with Crippen molar-refractivity contribution in [1.29, 1.82) is 0 Å². The number of halogens is 2. The maximum atomic E-state index is 6.22. The minimum Gasteiger partial charge on any atom is -0.380 e. The number of unbranched alkanes of at least 4 members (excludes halogenated alkanes) is 1. The number of imidazole rings is 1. The molecule has 1 unspecified atom stereocenters. The molecule has 2 aromatic rings. The molecule has 1 heterocycles. The van der Waals surface area contributed by atoms with Crippen LogP contribution >= 0.6 is 23.2 Å². The molecule has 0 saturated carbocycles. The van der Waals surface area contributed by atoms with Crippen LogP contribution in [0.5, 0.6) is 0 Å². The summed E-state index contributed by atoms with van der Waals surface area (Å²) < 4.78 is 7.76. The van der Waals surface area contributed by atoms with Gasteiger partial charge in [-0.2, -0.15) is 0 Å². The number of fused-ring (bicyclic) bond motifs is 1. The van der Waals surface area contributed by atoms with Crippen LogP contribution in [0.15, 0.2) is 18.2 Å². The van der Waals surface area contributed by atoms with Gasteiger partial charge in [0.15, 0.2) is 0 Å². The van der Waals surface area contributed by atoms with Crippen molar-refractivity contribution in [2.24, 2.45) is 0 Å². The summed E-state index contributed by atoms with van der Waals surface area (Å²) in [5.74, 6) is 0.864. The molecule has 0 amide bonds. The summed E-state index contributed by atoms with van der Waals surface area (Å²) in [4.78, 5) is 4.58. The van der Waals surface area contributed by atoms with Gasteiger partial charge in [0, 0.05) is 18.2 Å². The fourth-order valence-corrected chi connectivity index (χ4v) is 2.50. The molecule has 0 aliphatic rings. The highest BCUT2D eigenvalue weighted by atomic mass is 35.5. The Balaban J connectivity index is 2.18. The van der Waals surface area contributed by atoms with Crippen LogP contribution in [0.25, 0.3) is 11.0 Å². The maximum absolute atomic E-state index is 6.22. The molecule has 0 spiro atoms. The lowest BCUT2D eigenvalue weighted by atomic mass is 10.3. The van der Waals surface area contributed by atoms with Gasteiger partial charge < -0.3 is 9.30 Å². The Morgan fingerprint density at radius 1 is 1.35 bits per heavy atom. The minimum absolute atomic E-state index is 0.142. The van der Waals surface area contributed by atoms with Gasteiger partial charge in [0.25, 0.3) is 0 Å². The van der Waals surface area contributed by atoms with Crippen LogP contribution in [0.2, 0.25) is 5.02 Å². The molecule has 0 radical (unpaired) electrons. The van der Waals surface area contributed by atoms with Crippen LogP contribution in [0, 0.1) is 0 Å². The Labute approximate surface area is 129 Å². The highest BCUT2D eigenvalue weighted by Crippen LogP contribution is 2.26. The van der Waals surface area contributed by atoms with Crippen molar-refractivity contribution in [1.82, 2.24) is 9.55 Å². The highest BCUT2D eigenvalue weighted by molar-refractivity contribution is 6.31. The van der Waals surface area contributed by atoms with E-state index in [-0.39, 0.29) is 5.38 Å². The lowest BCUT2D eigenvalue weighted by molar-refractivity contribution is 0.123. The van der Waals surface area contributed by atoms with Crippen molar-refractivity contribution in [2.75, 3.05) is 13.2 Å². The maximum Gasteiger partial charge on any atom is 0.127 e. The first-order valence-electron chi connectivity index (χ1n) is 7.01. The number of rotatable bonds is 7. The van der Waals surface area contributed by atoms with Crippen molar-refractivity contribution >= 4 is 34.2 Å². The zero-order valence-corrected chi connectivity index (χ0v) is 13.4. The SMILES string of the molecule is CCCCOCCn1c(C(C)Cl)nc2cc(Cl)ccc21. The van der Waals surface area contributed by atoms with Crippen LogP contribution in [0.4, 0.5) is 0 Å². The summed E-state index contributed by atoms with van der Waals surface area (Å²) in [5, 5.41) is 0.548. The standard InChI is InChI=1S/C15H20Cl2N2O/c1-3-4-8-20-9-7-19-14-6-5-12(17)10-13(14)18-15(19)11(2)16/h5-6,10-11H,3-4,7-9H2,1-2H3. The van der Waals surface area contributed by atoms with Crippen molar-refractivity contribution in [3.8, 4) is 0 Å². The largest absolute Gasteiger partial charge is 0.380 e. The van der Waals surface area contributed by atoms with Gasteiger partial charge in [-0.3, -0.25) is 0 Å². The van der Waals surface area contributed by atoms with Gasteiger partial charge in [-0.25, -0.2) is 4.98 Å². The second-order valence-electron chi connectivity index (χ2n) is 4.84. The average Bonchev–Trinajstić information content (AvgIpc) is 2.76. The number of benzene rings is 1. The molecule has 0 bridgehead atoms. The number of hydrogen-bond acceptors (Lipinski definition) is 2. The molecular weight excluding hydrogens is 295 g/mol. The fourth-order valence-electron chi connectivity index (χ4n) is 2.16. The number of hydrogen-bond donors (Lipinski definition) is 0. The fraction of sp³-hybridized carbons (Fsp3) is 0.533. The molecule has 0 N–H and O–H groups in total. The first-order chi connectivity index (χ1) is 9.63. The third-order valence-corrected chi connectivity index (χ3v) is 3.63. The smallest absolute Gasteiger partial charge is 0.127 e. The van der Waals surface area contributed by atoms with Crippen molar-refractivity contribution in [3.63, 3.8) is 0 Å². The molecule has 5 heteroatoms. The van der Waals surface area contributed by atoms with Gasteiger partial charge in [0.2, 0.25) is 0 Å². The van der Waals surface area contributed by atoms with E-state index in [0.717, 1.165) is 42.9 Å². The molecule has 0 saturated heterocycles. The van der Waals surface area contributed by atoms with Crippen LogP contribution in [0.1, 0.15) is 37.9 Å². The number of aromatic nitrogens is 2. The van der Waals surface area contributed by atoms with Crippen LogP contribution in [0.3, 0.4) is 0 Å². The Kier molecular flexibility index (Phi) is 5.70. The summed E-state index contributed by atoms with van der Waals surface area (Å²) in [6, 6.07) is 5.73. The van der Waals surface area contributed by atoms with Gasteiger partial charge >= 0.3 is 0 Å². The van der Waals surface area contributed by atoms with Gasteiger partial charge in [0.1, 0.15) is 5.82 Å². The molecule has 20 heavy (non-hydrogen) atoms. The normalized spacial score (nSPS) is 13.0. The average molecular weight is 315 g/mol. The van der Waals surface area contributed by atoms with Crippen molar-refractivity contribution < 1.29 is 4.74 Å². The lowest BCUT2D eigenvalue weighted by Gasteiger charge is -2.11. The van der Waals surface area contributed by atoms with E-state index in [9.17, 15) is 0 Å². The quantitative estimate of drug-likeness (QED) is 0.542. The molecule has 3 nitrogen and oxygen atoms in total. The summed E-state index contributed by atoms with van der Waals surface area (Å²) in [7, 11) is 0. The molecule has 2 rings (SSSR count). The Morgan fingerprint density at radius 2 is 2.15 bits per heavy atom. The number of nitrogens with zero attached hydrogens (tertiary/aromatic N) is 2. The monoisotopic (exact) mass is 314 g/mol. The van der Waals surface area contributed by atoms with E-state index in [0.29, 0.717) is 11.6 Å². The third kappa shape index (κ3) is 3.66. The van der Waals surface area contributed by atoms with E-state index in [1.165, 1.54) is 0 Å². The summed E-state index contributed by atoms with van der Waals surface area (Å²) in [6.45, 7) is 6.32. The summed E-state index contributed by atoms with van der Waals surface area (Å²) >= 11 is 12.2. The third-order valence-electron chi connectivity index (χ3n) is 3.20. The van der Waals surface area contributed by atoms with Gasteiger partial charge in [-0.15, -0.1) is 11.6 Å². The van der Waals surface area contributed by atoms with E-state index < -0.39 is 0 Å². The molecule has 1 atom stereocenters. The Bertz CT molecular complexity index is 566. The van der Waals surface area contributed by atoms with Crippen molar-refractivity contribution in [3.05, 3.63) is 29.0 Å². The molecule has 0 aliphatic heterocycles. The molecule has 110 valence electrons. The molecule has 0 aliphatic carbocycles. The molecule has 1 aromatic heterocycles. The first kappa shape index (κ1) is 15.6. The predicted octanol–water partition coefficient (Wildman–Crippen LogP) is 4.81. The molecule has 1 aromatic carbocycles. The van der Waals surface area contributed by atoms with Gasteiger partial charge in [0.05, 0.1) is 23.0 Å². The summed E-state index contributed by atoms with van der Waals surface area (Å²) in [5.41, 5.74) is 1.93. The predicted molar refractivity (Wildman–Crippen MR) is 84.7 cm³/mol. The first-order valence-corrected chi connectivity index (χ1v) is 7.82. The zero-order valence-electron chi connectivity index (χ0n) is 11.9. The number of alkyl halides is 1. The minimum atomic E-state index is -0.142. The topological polar surface area (TPSA) is 27.1 Å². The van der Waals surface area contributed by atoms with E-state index in [2.05, 4.69) is 16.5 Å². The zero-order chi connectivity index (χ0) is 14.5. The van der Waals surface area contributed by atoms with E-state index >= 15 is 0 Å². The van der Waals surface area contributed by atoms with Crippen LogP contribution in [-0.2, 0) is 11.3 Å². The van der Waals surface area contributed by atoms with Gasteiger partial charge in [-0.05, 0) is 31.5 Å². The van der Waals surface area contributed by atoms with E-state index in [1.54, 1.807) is 0 Å². The van der Waals surface area contributed by atoms with Crippen molar-refractivity contribution in [2.45, 2.75) is 38.6 Å². The van der Waals surface area contributed by atoms with E-state index in [1.807, 2.05) is 25.1 Å². The van der Waals surface area contributed by atoms with Gasteiger partial charge in [-0.1, -0.05) is 24.9 Å². The molecule has 0 fully saturated rings. The highest BCUT2D eigenvalue weighted by Gasteiger charge is 2.14. The van der Waals surface area contributed by atoms with E-state index in [4.69, 9.17) is 27.9 Å². The Morgan fingerprint density at radius 3 is 2.85 bits per heavy atom. The van der Waals surface area contributed by atoms with Crippen LogP contribution < -0.4 is 0 Å². The second-order valence-corrected chi connectivity index (χ2v) is 5.93. The molecular formula is C15H20Cl2N2O. The second kappa shape index (κ2) is 7.30. The summed E-state index contributed by atoms with van der Waals surface area (Å²) in [6.07, 6.45) is 2.25. The van der Waals surface area contributed by atoms with Crippen LogP contribution in [-0.4, -0.2) is 22.8 Å². The lowest BCUT2D eigenvalue weighted by Crippen LogP contribution is -2.10. The Hall–Kier alpha value is -0.770.